The van der Waals surface area contributed by atoms with Crippen LogP contribution in [-0.4, -0.2) is 58.3 Å². The monoisotopic (exact) mass is 277 g/mol. The van der Waals surface area contributed by atoms with Gasteiger partial charge >= 0.3 is 0 Å². The zero-order valence-corrected chi connectivity index (χ0v) is 12.3. The van der Waals surface area contributed by atoms with Crippen LogP contribution in [-0.2, 0) is 10.0 Å². The highest BCUT2D eigenvalue weighted by Gasteiger charge is 2.12. The Morgan fingerprint density at radius 2 is 1.78 bits per heavy atom. The first-order valence-corrected chi connectivity index (χ1v) is 8.69. The van der Waals surface area contributed by atoms with Gasteiger partial charge in [-0.1, -0.05) is 13.3 Å². The van der Waals surface area contributed by atoms with Gasteiger partial charge in [0.15, 0.2) is 0 Å². The van der Waals surface area contributed by atoms with E-state index in [0.717, 1.165) is 32.6 Å². The third kappa shape index (κ3) is 7.31. The molecule has 0 amide bonds. The van der Waals surface area contributed by atoms with Crippen molar-refractivity contribution in [3.05, 3.63) is 0 Å². The van der Waals surface area contributed by atoms with E-state index in [1.54, 1.807) is 0 Å². The Bertz CT molecular complexity index is 300. The van der Waals surface area contributed by atoms with E-state index in [1.807, 2.05) is 0 Å². The molecule has 0 aliphatic carbocycles. The molecule has 1 aliphatic heterocycles. The number of hydrogen-bond donors (Lipinski definition) is 2. The van der Waals surface area contributed by atoms with Crippen molar-refractivity contribution in [2.45, 2.75) is 32.6 Å². The summed E-state index contributed by atoms with van der Waals surface area (Å²) in [6, 6.07) is 0. The highest BCUT2D eigenvalue weighted by molar-refractivity contribution is 7.89. The van der Waals surface area contributed by atoms with Gasteiger partial charge in [-0.05, 0) is 38.9 Å². The molecule has 1 heterocycles. The van der Waals surface area contributed by atoms with Gasteiger partial charge in [-0.15, -0.1) is 0 Å². The standard InChI is InChI=1S/C12H27N3O2S/c1-2-6-13-8-12-18(16,17)14-7-11-15-9-4-3-5-10-15/h13-14H,2-12H2,1H3. The molecule has 0 aromatic rings. The van der Waals surface area contributed by atoms with Crippen LogP contribution in [0.4, 0.5) is 0 Å². The van der Waals surface area contributed by atoms with E-state index >= 15 is 0 Å². The SMILES string of the molecule is CCCNCCS(=O)(=O)NCCN1CCCCC1. The smallest absolute Gasteiger partial charge is 0.212 e. The average molecular weight is 277 g/mol. The van der Waals surface area contributed by atoms with Gasteiger partial charge < -0.3 is 10.2 Å². The van der Waals surface area contributed by atoms with Crippen LogP contribution in [0.2, 0.25) is 0 Å². The molecule has 18 heavy (non-hydrogen) atoms. The van der Waals surface area contributed by atoms with E-state index in [-0.39, 0.29) is 5.75 Å². The molecule has 2 N–H and O–H groups in total. The normalized spacial score (nSPS) is 18.1. The highest BCUT2D eigenvalue weighted by atomic mass is 32.2. The summed E-state index contributed by atoms with van der Waals surface area (Å²) in [5.74, 6) is 0.174. The van der Waals surface area contributed by atoms with E-state index in [1.165, 1.54) is 19.3 Å². The Hall–Kier alpha value is -0.170. The summed E-state index contributed by atoms with van der Waals surface area (Å²) in [5, 5.41) is 3.10. The zero-order chi connectivity index (χ0) is 13.3. The third-order valence-electron chi connectivity index (χ3n) is 3.17. The fraction of sp³-hybridized carbons (Fsp3) is 1.00. The fourth-order valence-electron chi connectivity index (χ4n) is 2.12. The molecule has 0 bridgehead atoms. The predicted molar refractivity (Wildman–Crippen MR) is 75.2 cm³/mol. The Kier molecular flexibility index (Phi) is 7.81. The van der Waals surface area contributed by atoms with Crippen molar-refractivity contribution in [2.75, 3.05) is 45.0 Å². The number of nitrogens with one attached hydrogen (secondary N) is 2. The Morgan fingerprint density at radius 1 is 1.06 bits per heavy atom. The first-order chi connectivity index (χ1) is 8.64. The van der Waals surface area contributed by atoms with E-state index in [4.69, 9.17) is 0 Å². The average Bonchev–Trinajstić information content (AvgIpc) is 2.36. The van der Waals surface area contributed by atoms with E-state index < -0.39 is 10.0 Å². The predicted octanol–water partition coefficient (Wildman–Crippen LogP) is 0.391. The van der Waals surface area contributed by atoms with Crippen LogP contribution in [0.1, 0.15) is 32.6 Å². The van der Waals surface area contributed by atoms with Crippen molar-refractivity contribution in [1.82, 2.24) is 14.9 Å². The summed E-state index contributed by atoms with van der Waals surface area (Å²) in [5.41, 5.74) is 0. The summed E-state index contributed by atoms with van der Waals surface area (Å²) >= 11 is 0. The minimum atomic E-state index is -3.10. The maximum Gasteiger partial charge on any atom is 0.212 e. The van der Waals surface area contributed by atoms with Gasteiger partial charge in [0, 0.05) is 19.6 Å². The second-order valence-corrected chi connectivity index (χ2v) is 6.79. The Labute approximate surface area is 111 Å². The number of piperidine rings is 1. The first kappa shape index (κ1) is 15.9. The lowest BCUT2D eigenvalue weighted by molar-refractivity contribution is 0.233. The molecule has 1 aliphatic rings. The third-order valence-corrected chi connectivity index (χ3v) is 4.56. The number of nitrogens with zero attached hydrogens (tertiary/aromatic N) is 1. The van der Waals surface area contributed by atoms with Gasteiger partial charge in [-0.2, -0.15) is 0 Å². The van der Waals surface area contributed by atoms with E-state index in [0.29, 0.717) is 13.1 Å². The lowest BCUT2D eigenvalue weighted by atomic mass is 10.1. The van der Waals surface area contributed by atoms with Crippen molar-refractivity contribution in [2.24, 2.45) is 0 Å². The molecule has 0 saturated carbocycles. The molecule has 0 atom stereocenters. The molecule has 5 nitrogen and oxygen atoms in total. The van der Waals surface area contributed by atoms with Crippen LogP contribution < -0.4 is 10.0 Å². The molecule has 1 saturated heterocycles. The van der Waals surface area contributed by atoms with Crippen LogP contribution in [0.25, 0.3) is 0 Å². The van der Waals surface area contributed by atoms with Gasteiger partial charge in [0.25, 0.3) is 0 Å². The van der Waals surface area contributed by atoms with Crippen LogP contribution in [0.15, 0.2) is 0 Å². The quantitative estimate of drug-likeness (QED) is 0.599. The first-order valence-electron chi connectivity index (χ1n) is 7.04. The molecule has 0 radical (unpaired) electrons. The molecule has 1 fully saturated rings. The maximum absolute atomic E-state index is 11.7. The molecule has 108 valence electrons. The summed E-state index contributed by atoms with van der Waals surface area (Å²) in [6.07, 6.45) is 4.83. The number of sulfonamides is 1. The molecular formula is C12H27N3O2S. The molecule has 1 rings (SSSR count). The molecule has 6 heteroatoms. The van der Waals surface area contributed by atoms with Crippen LogP contribution in [0.3, 0.4) is 0 Å². The molecule has 0 spiro atoms. The lowest BCUT2D eigenvalue weighted by Crippen LogP contribution is -2.39. The van der Waals surface area contributed by atoms with Crippen molar-refractivity contribution in [3.63, 3.8) is 0 Å². The Balaban J connectivity index is 2.08. The summed E-state index contributed by atoms with van der Waals surface area (Å²) in [4.78, 5) is 2.33. The van der Waals surface area contributed by atoms with Gasteiger partial charge in [-0.25, -0.2) is 13.1 Å². The fourth-order valence-corrected chi connectivity index (χ4v) is 3.08. The van der Waals surface area contributed by atoms with Gasteiger partial charge in [0.05, 0.1) is 5.75 Å². The number of hydrogen-bond acceptors (Lipinski definition) is 4. The summed E-state index contributed by atoms with van der Waals surface area (Å²) in [6.45, 7) is 7.08. The zero-order valence-electron chi connectivity index (χ0n) is 11.5. The number of rotatable bonds is 9. The van der Waals surface area contributed by atoms with Gasteiger partial charge in [0.1, 0.15) is 0 Å². The minimum absolute atomic E-state index is 0.174. The van der Waals surface area contributed by atoms with Gasteiger partial charge in [-0.3, -0.25) is 0 Å². The summed E-state index contributed by atoms with van der Waals surface area (Å²) < 4.78 is 26.0. The molecule has 0 unspecified atom stereocenters. The number of likely N-dealkylation sites (tertiary alicyclic amines) is 1. The van der Waals surface area contributed by atoms with Gasteiger partial charge in [0.2, 0.25) is 10.0 Å². The van der Waals surface area contributed by atoms with E-state index in [9.17, 15) is 8.42 Å². The second kappa shape index (κ2) is 8.85. The van der Waals surface area contributed by atoms with Crippen molar-refractivity contribution < 1.29 is 8.42 Å². The molecule has 0 aromatic heterocycles. The minimum Gasteiger partial charge on any atom is -0.316 e. The largest absolute Gasteiger partial charge is 0.316 e. The second-order valence-electron chi connectivity index (χ2n) is 4.87. The molecule has 0 aromatic carbocycles. The van der Waals surface area contributed by atoms with Crippen molar-refractivity contribution in [3.8, 4) is 0 Å². The van der Waals surface area contributed by atoms with Crippen LogP contribution in [0, 0.1) is 0 Å². The molecular weight excluding hydrogens is 250 g/mol. The lowest BCUT2D eigenvalue weighted by Gasteiger charge is -2.26. The highest BCUT2D eigenvalue weighted by Crippen LogP contribution is 2.07. The van der Waals surface area contributed by atoms with Crippen molar-refractivity contribution in [1.29, 1.82) is 0 Å². The summed E-state index contributed by atoms with van der Waals surface area (Å²) in [7, 11) is -3.10. The van der Waals surface area contributed by atoms with Crippen LogP contribution >= 0.6 is 0 Å². The van der Waals surface area contributed by atoms with E-state index in [2.05, 4.69) is 21.9 Å². The topological polar surface area (TPSA) is 61.4 Å². The Morgan fingerprint density at radius 3 is 2.44 bits per heavy atom. The van der Waals surface area contributed by atoms with Crippen LogP contribution in [0.5, 0.6) is 0 Å². The van der Waals surface area contributed by atoms with Crippen molar-refractivity contribution >= 4 is 10.0 Å². The maximum atomic E-state index is 11.7.